The van der Waals surface area contributed by atoms with Crippen LogP contribution >= 0.6 is 11.5 Å². The zero-order valence-corrected chi connectivity index (χ0v) is 11.1. The third-order valence-electron chi connectivity index (χ3n) is 3.27. The van der Waals surface area contributed by atoms with Gasteiger partial charge in [-0.2, -0.15) is 4.37 Å². The van der Waals surface area contributed by atoms with Crippen LogP contribution in [-0.2, 0) is 4.79 Å². The first-order valence-corrected chi connectivity index (χ1v) is 6.61. The Bertz CT molecular complexity index is 419. The van der Waals surface area contributed by atoms with E-state index in [1.54, 1.807) is 0 Å². The molecule has 1 aromatic heterocycles. The molecule has 2 unspecified atom stereocenters. The third-order valence-corrected chi connectivity index (χ3v) is 4.03. The predicted molar refractivity (Wildman–Crippen MR) is 66.5 cm³/mol. The monoisotopic (exact) mass is 255 g/mol. The standard InChI is InChI=1S/C11H17N3O2S/c1-6(2)9-12-11(17-13-9)14-5-4-8(7(14)3)10(15)16/h6-8H,4-5H2,1-3H3,(H,15,16). The number of carboxylic acids is 1. The highest BCUT2D eigenvalue weighted by Crippen LogP contribution is 2.31. The van der Waals surface area contributed by atoms with Crippen molar-refractivity contribution in [3.8, 4) is 0 Å². The minimum absolute atomic E-state index is 0.000428. The molecule has 1 fully saturated rings. The molecule has 17 heavy (non-hydrogen) atoms. The van der Waals surface area contributed by atoms with E-state index in [-0.39, 0.29) is 12.0 Å². The second kappa shape index (κ2) is 4.60. The van der Waals surface area contributed by atoms with Gasteiger partial charge in [0.1, 0.15) is 5.82 Å². The average molecular weight is 255 g/mol. The first-order valence-electron chi connectivity index (χ1n) is 5.83. The summed E-state index contributed by atoms with van der Waals surface area (Å²) in [5, 5.41) is 9.93. The van der Waals surface area contributed by atoms with Gasteiger partial charge in [0.2, 0.25) is 5.13 Å². The van der Waals surface area contributed by atoms with Gasteiger partial charge in [-0.3, -0.25) is 4.79 Å². The summed E-state index contributed by atoms with van der Waals surface area (Å²) in [6, 6.07) is 0.000428. The lowest BCUT2D eigenvalue weighted by Crippen LogP contribution is -2.32. The van der Waals surface area contributed by atoms with Crippen LogP contribution in [0.4, 0.5) is 5.13 Å². The highest BCUT2D eigenvalue weighted by atomic mass is 32.1. The Morgan fingerprint density at radius 2 is 2.29 bits per heavy atom. The van der Waals surface area contributed by atoms with Crippen LogP contribution in [0.25, 0.3) is 0 Å². The van der Waals surface area contributed by atoms with Crippen LogP contribution in [0, 0.1) is 5.92 Å². The predicted octanol–water partition coefficient (Wildman–Crippen LogP) is 1.96. The largest absolute Gasteiger partial charge is 0.481 e. The number of aliphatic carboxylic acids is 1. The minimum Gasteiger partial charge on any atom is -0.481 e. The Labute approximate surface area is 105 Å². The second-order valence-electron chi connectivity index (χ2n) is 4.76. The van der Waals surface area contributed by atoms with Gasteiger partial charge in [-0.1, -0.05) is 13.8 Å². The molecule has 0 bridgehead atoms. The van der Waals surface area contributed by atoms with Gasteiger partial charge < -0.3 is 10.0 Å². The van der Waals surface area contributed by atoms with E-state index in [1.807, 2.05) is 6.92 Å². The zero-order chi connectivity index (χ0) is 12.6. The maximum atomic E-state index is 11.0. The van der Waals surface area contributed by atoms with Crippen molar-refractivity contribution in [1.29, 1.82) is 0 Å². The molecule has 0 spiro atoms. The normalized spacial score (nSPS) is 24.6. The molecule has 0 saturated carbocycles. The number of anilines is 1. The van der Waals surface area contributed by atoms with Crippen molar-refractivity contribution in [1.82, 2.24) is 9.36 Å². The number of nitrogens with zero attached hydrogens (tertiary/aromatic N) is 3. The van der Waals surface area contributed by atoms with Crippen LogP contribution in [-0.4, -0.2) is 33.0 Å². The molecule has 1 aromatic rings. The molecule has 0 aliphatic carbocycles. The molecule has 0 amide bonds. The zero-order valence-electron chi connectivity index (χ0n) is 10.3. The van der Waals surface area contributed by atoms with Crippen molar-refractivity contribution in [2.75, 3.05) is 11.4 Å². The Balaban J connectivity index is 2.15. The van der Waals surface area contributed by atoms with Crippen molar-refractivity contribution in [3.63, 3.8) is 0 Å². The van der Waals surface area contributed by atoms with Crippen LogP contribution < -0.4 is 4.90 Å². The molecule has 0 aromatic carbocycles. The van der Waals surface area contributed by atoms with Crippen LogP contribution in [0.2, 0.25) is 0 Å². The molecule has 5 nitrogen and oxygen atoms in total. The van der Waals surface area contributed by atoms with Gasteiger partial charge in [-0.15, -0.1) is 0 Å². The Morgan fingerprint density at radius 1 is 1.59 bits per heavy atom. The molecule has 0 radical (unpaired) electrons. The lowest BCUT2D eigenvalue weighted by Gasteiger charge is -2.21. The van der Waals surface area contributed by atoms with Crippen molar-refractivity contribution < 1.29 is 9.90 Å². The van der Waals surface area contributed by atoms with E-state index in [2.05, 4.69) is 28.1 Å². The quantitative estimate of drug-likeness (QED) is 0.894. The highest BCUT2D eigenvalue weighted by molar-refractivity contribution is 7.09. The van der Waals surface area contributed by atoms with Crippen molar-refractivity contribution in [2.24, 2.45) is 5.92 Å². The van der Waals surface area contributed by atoms with Crippen LogP contribution in [0.5, 0.6) is 0 Å². The Kier molecular flexibility index (Phi) is 3.33. The fraction of sp³-hybridized carbons (Fsp3) is 0.727. The topological polar surface area (TPSA) is 66.3 Å². The molecule has 94 valence electrons. The summed E-state index contributed by atoms with van der Waals surface area (Å²) >= 11 is 1.36. The highest BCUT2D eigenvalue weighted by Gasteiger charge is 2.37. The molecule has 1 N–H and O–H groups in total. The number of hydrogen-bond acceptors (Lipinski definition) is 5. The summed E-state index contributed by atoms with van der Waals surface area (Å²) in [7, 11) is 0. The lowest BCUT2D eigenvalue weighted by atomic mass is 10.0. The average Bonchev–Trinajstić information content (AvgIpc) is 2.82. The van der Waals surface area contributed by atoms with Crippen molar-refractivity contribution >= 4 is 22.6 Å². The fourth-order valence-electron chi connectivity index (χ4n) is 2.12. The lowest BCUT2D eigenvalue weighted by molar-refractivity contribution is -0.141. The summed E-state index contributed by atoms with van der Waals surface area (Å²) in [6.45, 7) is 6.81. The summed E-state index contributed by atoms with van der Waals surface area (Å²) in [4.78, 5) is 17.6. The van der Waals surface area contributed by atoms with Gasteiger partial charge in [-0.05, 0) is 13.3 Å². The van der Waals surface area contributed by atoms with Gasteiger partial charge in [0.25, 0.3) is 0 Å². The maximum Gasteiger partial charge on any atom is 0.308 e. The van der Waals surface area contributed by atoms with Gasteiger partial charge in [-0.25, -0.2) is 4.98 Å². The van der Waals surface area contributed by atoms with Crippen molar-refractivity contribution in [2.45, 2.75) is 39.2 Å². The van der Waals surface area contributed by atoms with Gasteiger partial charge in [0.05, 0.1) is 5.92 Å². The molecular formula is C11H17N3O2S. The molecular weight excluding hydrogens is 238 g/mol. The fourth-order valence-corrected chi connectivity index (χ4v) is 3.04. The Morgan fingerprint density at radius 3 is 2.76 bits per heavy atom. The number of hydrogen-bond donors (Lipinski definition) is 1. The van der Waals surface area contributed by atoms with Crippen molar-refractivity contribution in [3.05, 3.63) is 5.82 Å². The van der Waals surface area contributed by atoms with E-state index in [0.29, 0.717) is 12.3 Å². The summed E-state index contributed by atoms with van der Waals surface area (Å²) in [5.41, 5.74) is 0. The number of carboxylic acid groups (broad SMARTS) is 1. The first kappa shape index (κ1) is 12.3. The molecule has 2 atom stereocenters. The molecule has 2 rings (SSSR count). The second-order valence-corrected chi connectivity index (χ2v) is 5.49. The molecule has 6 heteroatoms. The minimum atomic E-state index is -0.714. The summed E-state index contributed by atoms with van der Waals surface area (Å²) in [5.74, 6) is 0.152. The molecule has 1 aliphatic heterocycles. The van der Waals surface area contributed by atoms with Gasteiger partial charge in [0, 0.05) is 30.0 Å². The molecule has 1 saturated heterocycles. The van der Waals surface area contributed by atoms with Gasteiger partial charge >= 0.3 is 5.97 Å². The Hall–Kier alpha value is -1.17. The van der Waals surface area contributed by atoms with Crippen LogP contribution in [0.3, 0.4) is 0 Å². The third kappa shape index (κ3) is 2.26. The summed E-state index contributed by atoms with van der Waals surface area (Å²) < 4.78 is 4.31. The first-order chi connectivity index (χ1) is 8.00. The number of rotatable bonds is 3. The summed E-state index contributed by atoms with van der Waals surface area (Å²) in [6.07, 6.45) is 0.688. The van der Waals surface area contributed by atoms with E-state index in [1.165, 1.54) is 11.5 Å². The van der Waals surface area contributed by atoms with Crippen LogP contribution in [0.15, 0.2) is 0 Å². The van der Waals surface area contributed by atoms with E-state index in [9.17, 15) is 4.79 Å². The molecule has 2 heterocycles. The van der Waals surface area contributed by atoms with E-state index in [4.69, 9.17) is 5.11 Å². The number of aromatic nitrogens is 2. The van der Waals surface area contributed by atoms with E-state index in [0.717, 1.165) is 17.5 Å². The van der Waals surface area contributed by atoms with E-state index >= 15 is 0 Å². The maximum absolute atomic E-state index is 11.0. The van der Waals surface area contributed by atoms with Crippen LogP contribution in [0.1, 0.15) is 38.9 Å². The smallest absolute Gasteiger partial charge is 0.308 e. The number of carbonyl (C=O) groups is 1. The SMILES string of the molecule is CC(C)c1nsc(N2CCC(C(=O)O)C2C)n1. The van der Waals surface area contributed by atoms with E-state index < -0.39 is 5.97 Å². The molecule has 1 aliphatic rings. The van der Waals surface area contributed by atoms with Gasteiger partial charge in [0.15, 0.2) is 0 Å².